The van der Waals surface area contributed by atoms with Gasteiger partial charge in [-0.15, -0.1) is 12.4 Å². The zero-order valence-corrected chi connectivity index (χ0v) is 11.1. The van der Waals surface area contributed by atoms with Crippen molar-refractivity contribution in [2.24, 2.45) is 5.92 Å². The van der Waals surface area contributed by atoms with Gasteiger partial charge in [0.05, 0.1) is 11.5 Å². The molecule has 1 N–H and O–H groups in total. The molecule has 5 nitrogen and oxygen atoms in total. The molecular formula is C12H16ClNO4. The molecule has 1 aromatic rings. The molecule has 1 unspecified atom stereocenters. The van der Waals surface area contributed by atoms with Crippen molar-refractivity contribution >= 4 is 24.3 Å². The molecule has 1 aliphatic rings. The maximum atomic E-state index is 12.1. The second-order valence-electron chi connectivity index (χ2n) is 4.40. The number of carboxylic acids is 1. The van der Waals surface area contributed by atoms with Gasteiger partial charge < -0.3 is 14.4 Å². The summed E-state index contributed by atoms with van der Waals surface area (Å²) in [5.74, 6) is -0.123. The molecule has 1 amide bonds. The van der Waals surface area contributed by atoms with Gasteiger partial charge in [0.2, 0.25) is 0 Å². The lowest BCUT2D eigenvalue weighted by molar-refractivity contribution is -0.141. The summed E-state index contributed by atoms with van der Waals surface area (Å²) < 4.78 is 5.31. The first kappa shape index (κ1) is 14.6. The van der Waals surface area contributed by atoms with E-state index in [1.807, 2.05) is 0 Å². The molecule has 0 bridgehead atoms. The predicted octanol–water partition coefficient (Wildman–Crippen LogP) is 1.86. The Hall–Kier alpha value is -1.49. The molecular weight excluding hydrogens is 258 g/mol. The highest BCUT2D eigenvalue weighted by molar-refractivity contribution is 5.95. The number of furan rings is 1. The van der Waals surface area contributed by atoms with Crippen molar-refractivity contribution in [1.82, 2.24) is 4.90 Å². The third-order valence-electron chi connectivity index (χ3n) is 3.10. The Bertz CT molecular complexity index is 469. The van der Waals surface area contributed by atoms with Crippen molar-refractivity contribution in [3.63, 3.8) is 0 Å². The first-order valence-electron chi connectivity index (χ1n) is 5.58. The molecule has 6 heteroatoms. The van der Waals surface area contributed by atoms with Crippen LogP contribution in [0, 0.1) is 19.8 Å². The Labute approximate surface area is 111 Å². The lowest BCUT2D eigenvalue weighted by Crippen LogP contribution is -2.30. The van der Waals surface area contributed by atoms with E-state index in [1.54, 1.807) is 24.8 Å². The fourth-order valence-electron chi connectivity index (χ4n) is 2.16. The highest BCUT2D eigenvalue weighted by atomic mass is 35.5. The molecule has 0 aliphatic carbocycles. The lowest BCUT2D eigenvalue weighted by Gasteiger charge is -2.14. The largest absolute Gasteiger partial charge is 0.481 e. The average molecular weight is 274 g/mol. The molecule has 1 fully saturated rings. The smallest absolute Gasteiger partial charge is 0.308 e. The number of likely N-dealkylation sites (tertiary alicyclic amines) is 1. The SMILES string of the molecule is Cc1cc(C(=O)N2CCC(C(=O)O)C2)c(C)o1.Cl. The Morgan fingerprint density at radius 2 is 2.11 bits per heavy atom. The zero-order chi connectivity index (χ0) is 12.6. The van der Waals surface area contributed by atoms with Gasteiger partial charge in [-0.05, 0) is 26.3 Å². The second kappa shape index (κ2) is 5.44. The number of carbonyl (C=O) groups is 2. The minimum absolute atomic E-state index is 0. The van der Waals surface area contributed by atoms with E-state index < -0.39 is 11.9 Å². The fourth-order valence-corrected chi connectivity index (χ4v) is 2.16. The number of hydrogen-bond donors (Lipinski definition) is 1. The molecule has 1 aromatic heterocycles. The summed E-state index contributed by atoms with van der Waals surface area (Å²) in [7, 11) is 0. The number of carboxylic acid groups (broad SMARTS) is 1. The number of aryl methyl sites for hydroxylation is 2. The van der Waals surface area contributed by atoms with E-state index in [0.29, 0.717) is 30.0 Å². The number of rotatable bonds is 2. The minimum Gasteiger partial charge on any atom is -0.481 e. The molecule has 1 atom stereocenters. The van der Waals surface area contributed by atoms with Crippen molar-refractivity contribution in [1.29, 1.82) is 0 Å². The third-order valence-corrected chi connectivity index (χ3v) is 3.10. The van der Waals surface area contributed by atoms with Crippen LogP contribution < -0.4 is 0 Å². The highest BCUT2D eigenvalue weighted by Gasteiger charge is 2.32. The standard InChI is InChI=1S/C12H15NO4.ClH/c1-7-5-10(8(2)17-7)11(14)13-4-3-9(6-13)12(15)16;/h5,9H,3-4,6H2,1-2H3,(H,15,16);1H. The first-order chi connectivity index (χ1) is 7.99. The summed E-state index contributed by atoms with van der Waals surface area (Å²) in [6.07, 6.45) is 0.525. The van der Waals surface area contributed by atoms with Crippen LogP contribution in [0.4, 0.5) is 0 Å². The molecule has 100 valence electrons. The number of amides is 1. The van der Waals surface area contributed by atoms with Gasteiger partial charge in [-0.2, -0.15) is 0 Å². The van der Waals surface area contributed by atoms with Gasteiger partial charge in [-0.3, -0.25) is 9.59 Å². The highest BCUT2D eigenvalue weighted by Crippen LogP contribution is 2.22. The van der Waals surface area contributed by atoms with Crippen LogP contribution in [0.25, 0.3) is 0 Å². The molecule has 0 radical (unpaired) electrons. The van der Waals surface area contributed by atoms with Crippen LogP contribution >= 0.6 is 12.4 Å². The van der Waals surface area contributed by atoms with Crippen LogP contribution in [-0.2, 0) is 4.79 Å². The zero-order valence-electron chi connectivity index (χ0n) is 10.3. The fraction of sp³-hybridized carbons (Fsp3) is 0.500. The van der Waals surface area contributed by atoms with Crippen molar-refractivity contribution in [2.45, 2.75) is 20.3 Å². The predicted molar refractivity (Wildman–Crippen MR) is 67.1 cm³/mol. The van der Waals surface area contributed by atoms with E-state index in [1.165, 1.54) is 0 Å². The van der Waals surface area contributed by atoms with Crippen LogP contribution in [0.2, 0.25) is 0 Å². The molecule has 18 heavy (non-hydrogen) atoms. The molecule has 2 rings (SSSR count). The van der Waals surface area contributed by atoms with Gasteiger partial charge in [-0.1, -0.05) is 0 Å². The molecule has 1 saturated heterocycles. The van der Waals surface area contributed by atoms with E-state index in [2.05, 4.69) is 0 Å². The van der Waals surface area contributed by atoms with Gasteiger partial charge >= 0.3 is 5.97 Å². The third kappa shape index (κ3) is 2.67. The van der Waals surface area contributed by atoms with Gasteiger partial charge in [0, 0.05) is 13.1 Å². The van der Waals surface area contributed by atoms with Gasteiger partial charge in [0.1, 0.15) is 11.5 Å². The van der Waals surface area contributed by atoms with Gasteiger partial charge in [-0.25, -0.2) is 0 Å². The number of carbonyl (C=O) groups excluding carboxylic acids is 1. The topological polar surface area (TPSA) is 70.8 Å². The summed E-state index contributed by atoms with van der Waals surface area (Å²) in [6, 6.07) is 1.70. The maximum Gasteiger partial charge on any atom is 0.308 e. The van der Waals surface area contributed by atoms with Gasteiger partial charge in [0.15, 0.2) is 0 Å². The Kier molecular flexibility index (Phi) is 4.40. The normalized spacial score (nSPS) is 18.6. The second-order valence-corrected chi connectivity index (χ2v) is 4.40. The summed E-state index contributed by atoms with van der Waals surface area (Å²) in [5, 5.41) is 8.89. The Morgan fingerprint density at radius 1 is 1.44 bits per heavy atom. The van der Waals surface area contributed by atoms with E-state index >= 15 is 0 Å². The van der Waals surface area contributed by atoms with E-state index in [9.17, 15) is 9.59 Å². The molecule has 1 aliphatic heterocycles. The Balaban J connectivity index is 0.00000162. The minimum atomic E-state index is -0.833. The molecule has 0 saturated carbocycles. The van der Waals surface area contributed by atoms with Crippen LogP contribution in [0.1, 0.15) is 28.3 Å². The number of nitrogens with zero attached hydrogens (tertiary/aromatic N) is 1. The summed E-state index contributed by atoms with van der Waals surface area (Å²) in [6.45, 7) is 4.32. The van der Waals surface area contributed by atoms with Crippen molar-refractivity contribution in [2.75, 3.05) is 13.1 Å². The van der Waals surface area contributed by atoms with Crippen LogP contribution in [0.3, 0.4) is 0 Å². The average Bonchev–Trinajstić information content (AvgIpc) is 2.84. The number of hydrogen-bond acceptors (Lipinski definition) is 3. The lowest BCUT2D eigenvalue weighted by atomic mass is 10.1. The summed E-state index contributed by atoms with van der Waals surface area (Å²) in [5.41, 5.74) is 0.536. The Morgan fingerprint density at radius 3 is 2.56 bits per heavy atom. The van der Waals surface area contributed by atoms with Crippen molar-refractivity contribution < 1.29 is 19.1 Å². The summed E-state index contributed by atoms with van der Waals surface area (Å²) >= 11 is 0. The molecule has 2 heterocycles. The maximum absolute atomic E-state index is 12.1. The van der Waals surface area contributed by atoms with Gasteiger partial charge in [0.25, 0.3) is 5.91 Å². The summed E-state index contributed by atoms with van der Waals surface area (Å²) in [4.78, 5) is 24.5. The molecule has 0 spiro atoms. The van der Waals surface area contributed by atoms with Crippen molar-refractivity contribution in [3.8, 4) is 0 Å². The molecule has 0 aromatic carbocycles. The number of halogens is 1. The number of aliphatic carboxylic acids is 1. The monoisotopic (exact) mass is 273 g/mol. The van der Waals surface area contributed by atoms with Crippen molar-refractivity contribution in [3.05, 3.63) is 23.2 Å². The van der Waals surface area contributed by atoms with Crippen LogP contribution in [0.15, 0.2) is 10.5 Å². The quantitative estimate of drug-likeness (QED) is 0.893. The van der Waals surface area contributed by atoms with E-state index in [-0.39, 0.29) is 24.9 Å². The van der Waals surface area contributed by atoms with Crippen LogP contribution in [-0.4, -0.2) is 35.0 Å². The van der Waals surface area contributed by atoms with E-state index in [0.717, 1.165) is 0 Å². The van der Waals surface area contributed by atoms with E-state index in [4.69, 9.17) is 9.52 Å². The van der Waals surface area contributed by atoms with Crippen LogP contribution in [0.5, 0.6) is 0 Å². The first-order valence-corrected chi connectivity index (χ1v) is 5.58.